The van der Waals surface area contributed by atoms with Gasteiger partial charge in [0.1, 0.15) is 5.75 Å². The topological polar surface area (TPSA) is 38.3 Å². The lowest BCUT2D eigenvalue weighted by Gasteiger charge is -2.06. The van der Waals surface area contributed by atoms with Crippen LogP contribution in [0.25, 0.3) is 0 Å². The SMILES string of the molecule is CCCNC(=O)c1ccc(Cl)c(OC)c1. The first kappa shape index (κ1) is 11.9. The van der Waals surface area contributed by atoms with Crippen LogP contribution in [0.5, 0.6) is 5.75 Å². The van der Waals surface area contributed by atoms with Gasteiger partial charge >= 0.3 is 0 Å². The molecule has 1 N–H and O–H groups in total. The minimum atomic E-state index is -0.105. The van der Waals surface area contributed by atoms with Crippen LogP contribution < -0.4 is 10.1 Å². The Kier molecular flexibility index (Phi) is 4.43. The molecule has 0 radical (unpaired) electrons. The summed E-state index contributed by atoms with van der Waals surface area (Å²) in [6, 6.07) is 4.96. The van der Waals surface area contributed by atoms with Gasteiger partial charge in [0.25, 0.3) is 5.91 Å². The molecule has 4 heteroatoms. The number of nitrogens with one attached hydrogen (secondary N) is 1. The van der Waals surface area contributed by atoms with Gasteiger partial charge in [0.15, 0.2) is 0 Å². The minimum absolute atomic E-state index is 0.105. The predicted octanol–water partition coefficient (Wildman–Crippen LogP) is 2.49. The molecule has 82 valence electrons. The van der Waals surface area contributed by atoms with Crippen LogP contribution in [-0.2, 0) is 0 Å². The van der Waals surface area contributed by atoms with Crippen LogP contribution in [0.3, 0.4) is 0 Å². The van der Waals surface area contributed by atoms with Crippen molar-refractivity contribution in [2.24, 2.45) is 0 Å². The fourth-order valence-electron chi connectivity index (χ4n) is 1.14. The Morgan fingerprint density at radius 3 is 2.87 bits per heavy atom. The van der Waals surface area contributed by atoms with Gasteiger partial charge in [0.05, 0.1) is 12.1 Å². The Hall–Kier alpha value is -1.22. The second-order valence-electron chi connectivity index (χ2n) is 3.11. The van der Waals surface area contributed by atoms with E-state index in [1.807, 2.05) is 6.92 Å². The molecule has 0 aliphatic heterocycles. The van der Waals surface area contributed by atoms with Crippen molar-refractivity contribution in [1.29, 1.82) is 0 Å². The summed E-state index contributed by atoms with van der Waals surface area (Å²) in [5.41, 5.74) is 0.560. The van der Waals surface area contributed by atoms with E-state index in [1.54, 1.807) is 18.2 Å². The van der Waals surface area contributed by atoms with E-state index in [2.05, 4.69) is 5.32 Å². The Balaban J connectivity index is 2.81. The first-order chi connectivity index (χ1) is 7.19. The van der Waals surface area contributed by atoms with Crippen LogP contribution in [0.4, 0.5) is 0 Å². The number of hydrogen-bond acceptors (Lipinski definition) is 2. The van der Waals surface area contributed by atoms with E-state index in [-0.39, 0.29) is 5.91 Å². The molecule has 0 aliphatic rings. The van der Waals surface area contributed by atoms with Crippen molar-refractivity contribution in [1.82, 2.24) is 5.32 Å². The van der Waals surface area contributed by atoms with Gasteiger partial charge in [-0.2, -0.15) is 0 Å². The number of methoxy groups -OCH3 is 1. The normalized spacial score (nSPS) is 9.80. The standard InChI is InChI=1S/C11H14ClNO2/c1-3-6-13-11(14)8-4-5-9(12)10(7-8)15-2/h4-5,7H,3,6H2,1-2H3,(H,13,14). The van der Waals surface area contributed by atoms with Crippen LogP contribution in [0.15, 0.2) is 18.2 Å². The number of hydrogen-bond donors (Lipinski definition) is 1. The summed E-state index contributed by atoms with van der Waals surface area (Å²) in [6.07, 6.45) is 0.913. The highest BCUT2D eigenvalue weighted by Crippen LogP contribution is 2.24. The molecule has 0 unspecified atom stereocenters. The van der Waals surface area contributed by atoms with Crippen LogP contribution in [0.2, 0.25) is 5.02 Å². The summed E-state index contributed by atoms with van der Waals surface area (Å²) in [5, 5.41) is 3.29. The van der Waals surface area contributed by atoms with E-state index in [4.69, 9.17) is 16.3 Å². The van der Waals surface area contributed by atoms with E-state index in [0.717, 1.165) is 6.42 Å². The first-order valence-corrected chi connectivity index (χ1v) is 5.18. The van der Waals surface area contributed by atoms with Crippen LogP contribution in [0.1, 0.15) is 23.7 Å². The Morgan fingerprint density at radius 2 is 2.27 bits per heavy atom. The number of benzene rings is 1. The maximum absolute atomic E-state index is 11.6. The smallest absolute Gasteiger partial charge is 0.251 e. The lowest BCUT2D eigenvalue weighted by Crippen LogP contribution is -2.23. The third-order valence-electron chi connectivity index (χ3n) is 1.95. The monoisotopic (exact) mass is 227 g/mol. The van der Waals surface area contributed by atoms with E-state index >= 15 is 0 Å². The number of rotatable bonds is 4. The summed E-state index contributed by atoms with van der Waals surface area (Å²) in [4.78, 5) is 11.6. The third kappa shape index (κ3) is 3.13. The summed E-state index contributed by atoms with van der Waals surface area (Å²) in [6.45, 7) is 2.67. The molecule has 0 aliphatic carbocycles. The van der Waals surface area contributed by atoms with Gasteiger partial charge in [-0.15, -0.1) is 0 Å². The number of carbonyl (C=O) groups is 1. The molecular formula is C11H14ClNO2. The van der Waals surface area contributed by atoms with Gasteiger partial charge in [0, 0.05) is 12.1 Å². The molecule has 0 heterocycles. The number of carbonyl (C=O) groups excluding carboxylic acids is 1. The Labute approximate surface area is 94.4 Å². The van der Waals surface area contributed by atoms with Crippen LogP contribution in [0, 0.1) is 0 Å². The molecule has 0 saturated heterocycles. The van der Waals surface area contributed by atoms with Crippen molar-refractivity contribution >= 4 is 17.5 Å². The van der Waals surface area contributed by atoms with Gasteiger partial charge < -0.3 is 10.1 Å². The molecule has 1 aromatic rings. The zero-order valence-corrected chi connectivity index (χ0v) is 9.60. The van der Waals surface area contributed by atoms with Crippen LogP contribution in [-0.4, -0.2) is 19.6 Å². The second kappa shape index (κ2) is 5.61. The molecule has 15 heavy (non-hydrogen) atoms. The first-order valence-electron chi connectivity index (χ1n) is 4.80. The largest absolute Gasteiger partial charge is 0.495 e. The third-order valence-corrected chi connectivity index (χ3v) is 2.26. The number of ether oxygens (including phenoxy) is 1. The van der Waals surface area contributed by atoms with Gasteiger partial charge in [-0.05, 0) is 24.6 Å². The molecule has 0 atom stereocenters. The van der Waals surface area contributed by atoms with Crippen molar-refractivity contribution in [3.8, 4) is 5.75 Å². The Bertz CT molecular complexity index is 352. The molecule has 0 aromatic heterocycles. The lowest BCUT2D eigenvalue weighted by atomic mass is 10.2. The average molecular weight is 228 g/mol. The fourth-order valence-corrected chi connectivity index (χ4v) is 1.34. The second-order valence-corrected chi connectivity index (χ2v) is 3.51. The highest BCUT2D eigenvalue weighted by molar-refractivity contribution is 6.32. The Morgan fingerprint density at radius 1 is 1.53 bits per heavy atom. The molecule has 1 amide bonds. The van der Waals surface area contributed by atoms with Crippen LogP contribution >= 0.6 is 11.6 Å². The summed E-state index contributed by atoms with van der Waals surface area (Å²) >= 11 is 5.85. The average Bonchev–Trinajstić information content (AvgIpc) is 2.26. The van der Waals surface area contributed by atoms with Crippen molar-refractivity contribution < 1.29 is 9.53 Å². The molecule has 0 spiro atoms. The van der Waals surface area contributed by atoms with Crippen molar-refractivity contribution in [2.45, 2.75) is 13.3 Å². The summed E-state index contributed by atoms with van der Waals surface area (Å²) in [7, 11) is 1.52. The lowest BCUT2D eigenvalue weighted by molar-refractivity contribution is 0.0953. The van der Waals surface area contributed by atoms with Gasteiger partial charge in [-0.1, -0.05) is 18.5 Å². The maximum Gasteiger partial charge on any atom is 0.251 e. The fraction of sp³-hybridized carbons (Fsp3) is 0.364. The minimum Gasteiger partial charge on any atom is -0.495 e. The van der Waals surface area contributed by atoms with Gasteiger partial charge in [-0.3, -0.25) is 4.79 Å². The van der Waals surface area contributed by atoms with E-state index in [1.165, 1.54) is 7.11 Å². The summed E-state index contributed by atoms with van der Waals surface area (Å²) in [5.74, 6) is 0.410. The molecule has 3 nitrogen and oxygen atoms in total. The van der Waals surface area contributed by atoms with E-state index in [0.29, 0.717) is 22.9 Å². The molecule has 1 aromatic carbocycles. The zero-order valence-electron chi connectivity index (χ0n) is 8.84. The van der Waals surface area contributed by atoms with Crippen molar-refractivity contribution in [3.05, 3.63) is 28.8 Å². The molecular weight excluding hydrogens is 214 g/mol. The van der Waals surface area contributed by atoms with E-state index < -0.39 is 0 Å². The van der Waals surface area contributed by atoms with Crippen molar-refractivity contribution in [2.75, 3.05) is 13.7 Å². The maximum atomic E-state index is 11.6. The molecule has 0 bridgehead atoms. The number of halogens is 1. The quantitative estimate of drug-likeness (QED) is 0.858. The molecule has 0 saturated carbocycles. The number of amides is 1. The summed E-state index contributed by atoms with van der Waals surface area (Å²) < 4.78 is 5.03. The highest BCUT2D eigenvalue weighted by atomic mass is 35.5. The van der Waals surface area contributed by atoms with E-state index in [9.17, 15) is 4.79 Å². The molecule has 0 fully saturated rings. The highest BCUT2D eigenvalue weighted by Gasteiger charge is 2.08. The zero-order chi connectivity index (χ0) is 11.3. The van der Waals surface area contributed by atoms with Gasteiger partial charge in [-0.25, -0.2) is 0 Å². The van der Waals surface area contributed by atoms with Crippen molar-refractivity contribution in [3.63, 3.8) is 0 Å². The molecule has 1 rings (SSSR count). The van der Waals surface area contributed by atoms with Gasteiger partial charge in [0.2, 0.25) is 0 Å². The predicted molar refractivity (Wildman–Crippen MR) is 60.6 cm³/mol.